The maximum atomic E-state index is 12.7. The summed E-state index contributed by atoms with van der Waals surface area (Å²) in [5.41, 5.74) is 3.35. The lowest BCUT2D eigenvalue weighted by atomic mass is 10.1. The van der Waals surface area contributed by atoms with Gasteiger partial charge in [0.25, 0.3) is 11.8 Å². The van der Waals surface area contributed by atoms with E-state index >= 15 is 0 Å². The minimum Gasteiger partial charge on any atom is -0.461 e. The van der Waals surface area contributed by atoms with E-state index in [1.165, 1.54) is 28.2 Å². The molecule has 0 spiro atoms. The van der Waals surface area contributed by atoms with Crippen LogP contribution < -0.4 is 10.1 Å². The Kier molecular flexibility index (Phi) is 6.89. The quantitative estimate of drug-likeness (QED) is 0.341. The van der Waals surface area contributed by atoms with Gasteiger partial charge in [0.1, 0.15) is 5.75 Å². The number of amides is 2. The number of anilines is 1. The Morgan fingerprint density at radius 3 is 2.30 bits per heavy atom. The molecule has 3 aliphatic rings. The predicted molar refractivity (Wildman–Crippen MR) is 146 cm³/mol. The number of hydrogen-bond donors (Lipinski definition) is 1. The van der Waals surface area contributed by atoms with Gasteiger partial charge in [-0.1, -0.05) is 48.2 Å². The van der Waals surface area contributed by atoms with E-state index in [0.29, 0.717) is 17.7 Å². The Balaban J connectivity index is 0.986. The van der Waals surface area contributed by atoms with Crippen LogP contribution in [0.15, 0.2) is 77.7 Å². The Morgan fingerprint density at radius 2 is 1.59 bits per heavy atom. The van der Waals surface area contributed by atoms with Crippen molar-refractivity contribution >= 4 is 29.3 Å². The molecule has 1 aliphatic carbocycles. The highest BCUT2D eigenvalue weighted by atomic mass is 32.2. The van der Waals surface area contributed by atoms with Crippen molar-refractivity contribution in [2.45, 2.75) is 36.1 Å². The fourth-order valence-electron chi connectivity index (χ4n) is 5.01. The van der Waals surface area contributed by atoms with Crippen LogP contribution in [0.5, 0.6) is 5.75 Å². The van der Waals surface area contributed by atoms with Crippen LogP contribution in [-0.4, -0.2) is 53.4 Å². The second-order valence-electron chi connectivity index (χ2n) is 10.0. The van der Waals surface area contributed by atoms with Crippen LogP contribution in [0, 0.1) is 5.92 Å². The second kappa shape index (κ2) is 10.6. The number of thioether (sulfide) groups is 1. The van der Waals surface area contributed by atoms with Gasteiger partial charge < -0.3 is 15.0 Å². The molecule has 2 heterocycles. The third-order valence-corrected chi connectivity index (χ3v) is 8.26. The fraction of sp³-hybridized carbons (Fsp3) is 0.333. The average Bonchev–Trinajstić information content (AvgIpc) is 3.59. The van der Waals surface area contributed by atoms with Crippen molar-refractivity contribution in [2.24, 2.45) is 5.92 Å². The number of carbonyl (C=O) groups excluding carboxylic acids is 2. The van der Waals surface area contributed by atoms with Crippen molar-refractivity contribution in [1.82, 2.24) is 9.80 Å². The SMILES string of the molecule is O=C1c2ccccc2C(=O)N1CCCN(CCc1ccc(OC2Nc3ccccc3S2)cc1)CC1CC1. The number of carbonyl (C=O) groups is 2. The molecule has 2 aliphatic heterocycles. The number of rotatable bonds is 11. The van der Waals surface area contributed by atoms with Crippen LogP contribution >= 0.6 is 11.8 Å². The van der Waals surface area contributed by atoms with E-state index in [2.05, 4.69) is 34.5 Å². The highest BCUT2D eigenvalue weighted by molar-refractivity contribution is 8.00. The number of para-hydroxylation sites is 1. The minimum absolute atomic E-state index is 0.112. The summed E-state index contributed by atoms with van der Waals surface area (Å²) in [6, 6.07) is 23.8. The van der Waals surface area contributed by atoms with Crippen LogP contribution in [0.3, 0.4) is 0 Å². The monoisotopic (exact) mass is 513 g/mol. The van der Waals surface area contributed by atoms with Crippen molar-refractivity contribution in [1.29, 1.82) is 0 Å². The first-order valence-electron chi connectivity index (χ1n) is 13.1. The van der Waals surface area contributed by atoms with Gasteiger partial charge in [0.15, 0.2) is 0 Å². The van der Waals surface area contributed by atoms with Crippen molar-refractivity contribution in [2.75, 3.05) is 31.5 Å². The zero-order valence-corrected chi connectivity index (χ0v) is 21.6. The van der Waals surface area contributed by atoms with Crippen molar-refractivity contribution in [3.63, 3.8) is 0 Å². The van der Waals surface area contributed by atoms with Gasteiger partial charge in [0.05, 0.1) is 16.8 Å². The van der Waals surface area contributed by atoms with Gasteiger partial charge in [0.2, 0.25) is 5.56 Å². The maximum Gasteiger partial charge on any atom is 0.261 e. The normalized spacial score (nSPS) is 18.2. The van der Waals surface area contributed by atoms with Crippen LogP contribution in [0.1, 0.15) is 45.5 Å². The van der Waals surface area contributed by atoms with E-state index in [1.54, 1.807) is 23.9 Å². The van der Waals surface area contributed by atoms with E-state index in [-0.39, 0.29) is 17.4 Å². The Labute approximate surface area is 222 Å². The number of ether oxygens (including phenoxy) is 1. The van der Waals surface area contributed by atoms with Gasteiger partial charge in [-0.05, 0) is 80.1 Å². The summed E-state index contributed by atoms with van der Waals surface area (Å²) in [6.07, 6.45) is 4.36. The van der Waals surface area contributed by atoms with E-state index in [9.17, 15) is 9.59 Å². The van der Waals surface area contributed by atoms with Gasteiger partial charge in [-0.3, -0.25) is 14.5 Å². The van der Waals surface area contributed by atoms with Gasteiger partial charge in [-0.25, -0.2) is 0 Å². The molecule has 1 atom stereocenters. The first-order chi connectivity index (χ1) is 18.1. The smallest absolute Gasteiger partial charge is 0.261 e. The number of imide groups is 1. The summed E-state index contributed by atoms with van der Waals surface area (Å²) >= 11 is 1.69. The predicted octanol–water partition coefficient (Wildman–Crippen LogP) is 5.51. The van der Waals surface area contributed by atoms with Gasteiger partial charge in [-0.15, -0.1) is 0 Å². The molecule has 0 radical (unpaired) electrons. The van der Waals surface area contributed by atoms with Crippen LogP contribution in [0.2, 0.25) is 0 Å². The molecular formula is C30H31N3O3S. The Hall–Kier alpha value is -3.29. The minimum atomic E-state index is -0.160. The summed E-state index contributed by atoms with van der Waals surface area (Å²) < 4.78 is 6.12. The van der Waals surface area contributed by atoms with Gasteiger partial charge in [0, 0.05) is 24.5 Å². The molecule has 3 aromatic carbocycles. The molecule has 37 heavy (non-hydrogen) atoms. The third kappa shape index (κ3) is 5.53. The topological polar surface area (TPSA) is 61.9 Å². The summed E-state index contributed by atoms with van der Waals surface area (Å²) in [6.45, 7) is 3.41. The van der Waals surface area contributed by atoms with E-state index in [0.717, 1.165) is 49.8 Å². The molecule has 0 bridgehead atoms. The van der Waals surface area contributed by atoms with E-state index in [1.807, 2.05) is 36.4 Å². The number of nitrogens with one attached hydrogen (secondary N) is 1. The molecule has 1 fully saturated rings. The molecule has 3 aromatic rings. The second-order valence-corrected chi connectivity index (χ2v) is 11.1. The summed E-state index contributed by atoms with van der Waals surface area (Å²) in [4.78, 5) is 30.4. The molecule has 1 N–H and O–H groups in total. The molecule has 1 unspecified atom stereocenters. The average molecular weight is 514 g/mol. The lowest BCUT2D eigenvalue weighted by molar-refractivity contribution is 0.0647. The zero-order chi connectivity index (χ0) is 25.2. The summed E-state index contributed by atoms with van der Waals surface area (Å²) in [7, 11) is 0. The number of hydrogen-bond acceptors (Lipinski definition) is 6. The zero-order valence-electron chi connectivity index (χ0n) is 20.8. The first-order valence-corrected chi connectivity index (χ1v) is 14.0. The summed E-state index contributed by atoms with van der Waals surface area (Å²) in [5, 5.41) is 3.40. The molecule has 0 saturated heterocycles. The largest absolute Gasteiger partial charge is 0.461 e. The molecule has 0 aromatic heterocycles. The fourth-order valence-corrected chi connectivity index (χ4v) is 6.00. The van der Waals surface area contributed by atoms with Crippen LogP contribution in [0.4, 0.5) is 5.69 Å². The molecular weight excluding hydrogens is 482 g/mol. The third-order valence-electron chi connectivity index (χ3n) is 7.23. The molecule has 1 saturated carbocycles. The number of nitrogens with zero attached hydrogens (tertiary/aromatic N) is 2. The molecule has 2 amide bonds. The maximum absolute atomic E-state index is 12.7. The number of benzene rings is 3. The molecule has 6 rings (SSSR count). The van der Waals surface area contributed by atoms with Gasteiger partial charge in [-0.2, -0.15) is 0 Å². The molecule has 7 heteroatoms. The van der Waals surface area contributed by atoms with Crippen molar-refractivity contribution in [3.8, 4) is 5.75 Å². The molecule has 6 nitrogen and oxygen atoms in total. The van der Waals surface area contributed by atoms with Crippen LogP contribution in [0.25, 0.3) is 0 Å². The Bertz CT molecular complexity index is 1230. The highest BCUT2D eigenvalue weighted by Crippen LogP contribution is 2.38. The van der Waals surface area contributed by atoms with Crippen LogP contribution in [-0.2, 0) is 6.42 Å². The Morgan fingerprint density at radius 1 is 0.892 bits per heavy atom. The highest BCUT2D eigenvalue weighted by Gasteiger charge is 2.34. The molecule has 190 valence electrons. The number of fused-ring (bicyclic) bond motifs is 2. The standard InChI is InChI=1S/C30H31N3O3S/c34-28-24-6-1-2-7-25(24)29(35)33(28)18-5-17-32(20-22-10-11-22)19-16-21-12-14-23(15-13-21)36-30-31-26-8-3-4-9-27(26)37-30/h1-4,6-9,12-15,22,30-31H,5,10-11,16-20H2. The van der Waals surface area contributed by atoms with E-state index < -0.39 is 0 Å². The first kappa shape index (κ1) is 24.1. The van der Waals surface area contributed by atoms with Crippen molar-refractivity contribution < 1.29 is 14.3 Å². The van der Waals surface area contributed by atoms with Crippen molar-refractivity contribution in [3.05, 3.63) is 89.5 Å². The lowest BCUT2D eigenvalue weighted by Crippen LogP contribution is -2.35. The van der Waals surface area contributed by atoms with Gasteiger partial charge >= 0.3 is 0 Å². The van der Waals surface area contributed by atoms with E-state index in [4.69, 9.17) is 4.74 Å². The lowest BCUT2D eigenvalue weighted by Gasteiger charge is -2.23. The summed E-state index contributed by atoms with van der Waals surface area (Å²) in [5.74, 6) is 1.33.